The summed E-state index contributed by atoms with van der Waals surface area (Å²) >= 11 is 0. The SMILES string of the molecule is C=CC(O)[CH]CCCC. The Hall–Kier alpha value is -0.300. The van der Waals surface area contributed by atoms with Gasteiger partial charge in [-0.1, -0.05) is 25.8 Å². The second-order valence-corrected chi connectivity index (χ2v) is 2.10. The predicted molar refractivity (Wildman–Crippen MR) is 40.0 cm³/mol. The highest BCUT2D eigenvalue weighted by atomic mass is 16.3. The van der Waals surface area contributed by atoms with Gasteiger partial charge in [0.15, 0.2) is 0 Å². The van der Waals surface area contributed by atoms with Gasteiger partial charge in [0.05, 0.1) is 6.10 Å². The Morgan fingerprint density at radius 1 is 1.67 bits per heavy atom. The topological polar surface area (TPSA) is 20.2 Å². The van der Waals surface area contributed by atoms with E-state index in [0.29, 0.717) is 0 Å². The van der Waals surface area contributed by atoms with Crippen LogP contribution in [0.5, 0.6) is 0 Å². The van der Waals surface area contributed by atoms with Crippen LogP contribution in [0.4, 0.5) is 0 Å². The van der Waals surface area contributed by atoms with Crippen LogP contribution in [0.3, 0.4) is 0 Å². The van der Waals surface area contributed by atoms with Crippen LogP contribution in [0.25, 0.3) is 0 Å². The second-order valence-electron chi connectivity index (χ2n) is 2.10. The van der Waals surface area contributed by atoms with E-state index in [1.807, 2.05) is 6.42 Å². The van der Waals surface area contributed by atoms with Crippen molar-refractivity contribution in [1.29, 1.82) is 0 Å². The lowest BCUT2D eigenvalue weighted by Crippen LogP contribution is -2.01. The molecule has 1 radical (unpaired) electrons. The molecule has 1 N–H and O–H groups in total. The van der Waals surface area contributed by atoms with E-state index in [-0.39, 0.29) is 0 Å². The van der Waals surface area contributed by atoms with Crippen molar-refractivity contribution in [1.82, 2.24) is 0 Å². The van der Waals surface area contributed by atoms with E-state index in [9.17, 15) is 0 Å². The van der Waals surface area contributed by atoms with Crippen LogP contribution in [0.15, 0.2) is 12.7 Å². The van der Waals surface area contributed by atoms with Gasteiger partial charge in [-0.2, -0.15) is 0 Å². The highest BCUT2D eigenvalue weighted by Crippen LogP contribution is 2.01. The lowest BCUT2D eigenvalue weighted by Gasteiger charge is -2.01. The lowest BCUT2D eigenvalue weighted by molar-refractivity contribution is 0.250. The molecular weight excluding hydrogens is 112 g/mol. The van der Waals surface area contributed by atoms with Crippen LogP contribution in [-0.2, 0) is 0 Å². The van der Waals surface area contributed by atoms with Crippen molar-refractivity contribution in [3.8, 4) is 0 Å². The molecule has 0 heterocycles. The van der Waals surface area contributed by atoms with Gasteiger partial charge in [-0.3, -0.25) is 0 Å². The highest BCUT2D eigenvalue weighted by Gasteiger charge is 1.95. The van der Waals surface area contributed by atoms with Crippen LogP contribution < -0.4 is 0 Å². The summed E-state index contributed by atoms with van der Waals surface area (Å²) in [4.78, 5) is 0. The summed E-state index contributed by atoms with van der Waals surface area (Å²) in [7, 11) is 0. The quantitative estimate of drug-likeness (QED) is 0.442. The molecule has 0 aliphatic heterocycles. The standard InChI is InChI=1S/C8H15O/c1-3-5-6-7-8(9)4-2/h4,7-9H,2-3,5-6H2,1H3. The molecule has 53 valence electrons. The van der Waals surface area contributed by atoms with Gasteiger partial charge in [-0.25, -0.2) is 0 Å². The Kier molecular flexibility index (Phi) is 5.64. The first-order valence-electron chi connectivity index (χ1n) is 3.45. The van der Waals surface area contributed by atoms with E-state index in [1.54, 1.807) is 0 Å². The molecule has 1 atom stereocenters. The van der Waals surface area contributed by atoms with E-state index in [0.717, 1.165) is 12.8 Å². The monoisotopic (exact) mass is 127 g/mol. The van der Waals surface area contributed by atoms with Crippen LogP contribution in [0.1, 0.15) is 26.2 Å². The Balaban J connectivity index is 2.96. The third-order valence-corrected chi connectivity index (χ3v) is 1.21. The first kappa shape index (κ1) is 8.70. The number of hydrogen-bond donors (Lipinski definition) is 1. The number of rotatable bonds is 5. The van der Waals surface area contributed by atoms with Crippen LogP contribution in [0, 0.1) is 6.42 Å². The van der Waals surface area contributed by atoms with Gasteiger partial charge < -0.3 is 5.11 Å². The van der Waals surface area contributed by atoms with Gasteiger partial charge in [0.1, 0.15) is 0 Å². The molecule has 0 rings (SSSR count). The molecule has 0 fully saturated rings. The van der Waals surface area contributed by atoms with E-state index in [4.69, 9.17) is 5.11 Å². The third-order valence-electron chi connectivity index (χ3n) is 1.21. The Morgan fingerprint density at radius 2 is 2.33 bits per heavy atom. The summed E-state index contributed by atoms with van der Waals surface area (Å²) in [6.07, 6.45) is 6.33. The minimum atomic E-state index is -0.406. The van der Waals surface area contributed by atoms with Crippen LogP contribution >= 0.6 is 0 Å². The Morgan fingerprint density at radius 3 is 2.78 bits per heavy atom. The van der Waals surface area contributed by atoms with Gasteiger partial charge in [0.25, 0.3) is 0 Å². The summed E-state index contributed by atoms with van der Waals surface area (Å²) in [6, 6.07) is 0. The van der Waals surface area contributed by atoms with E-state index in [2.05, 4.69) is 13.5 Å². The summed E-state index contributed by atoms with van der Waals surface area (Å²) in [6.45, 7) is 5.59. The molecule has 1 unspecified atom stereocenters. The van der Waals surface area contributed by atoms with Gasteiger partial charge in [0.2, 0.25) is 0 Å². The van der Waals surface area contributed by atoms with Gasteiger partial charge >= 0.3 is 0 Å². The molecule has 0 aliphatic rings. The minimum absolute atomic E-state index is 0.406. The highest BCUT2D eigenvalue weighted by molar-refractivity contribution is 4.89. The molecule has 1 heteroatoms. The fourth-order valence-electron chi connectivity index (χ4n) is 0.589. The van der Waals surface area contributed by atoms with Gasteiger partial charge in [-0.15, -0.1) is 6.58 Å². The molecule has 0 saturated carbocycles. The number of aliphatic hydroxyl groups excluding tert-OH is 1. The summed E-state index contributed by atoms with van der Waals surface area (Å²) in [5, 5.41) is 8.91. The second kappa shape index (κ2) is 5.83. The molecule has 0 spiro atoms. The molecule has 1 nitrogen and oxygen atoms in total. The normalized spacial score (nSPS) is 13.1. The predicted octanol–water partition coefficient (Wildman–Crippen LogP) is 1.93. The van der Waals surface area contributed by atoms with Crippen molar-refractivity contribution in [2.75, 3.05) is 0 Å². The lowest BCUT2D eigenvalue weighted by atomic mass is 10.1. The number of hydrogen-bond acceptors (Lipinski definition) is 1. The van der Waals surface area contributed by atoms with Crippen molar-refractivity contribution >= 4 is 0 Å². The molecule has 0 aliphatic carbocycles. The fraction of sp³-hybridized carbons (Fsp3) is 0.625. The number of aliphatic hydroxyl groups is 1. The molecule has 0 aromatic carbocycles. The maximum atomic E-state index is 8.91. The van der Waals surface area contributed by atoms with E-state index >= 15 is 0 Å². The van der Waals surface area contributed by atoms with Crippen molar-refractivity contribution in [3.05, 3.63) is 19.1 Å². The number of unbranched alkanes of at least 4 members (excludes halogenated alkanes) is 2. The Bertz CT molecular complexity index is 69.0. The zero-order valence-electron chi connectivity index (χ0n) is 6.01. The largest absolute Gasteiger partial charge is 0.389 e. The molecular formula is C8H15O. The van der Waals surface area contributed by atoms with Crippen molar-refractivity contribution < 1.29 is 5.11 Å². The van der Waals surface area contributed by atoms with Gasteiger partial charge in [0, 0.05) is 0 Å². The smallest absolute Gasteiger partial charge is 0.0750 e. The maximum Gasteiger partial charge on any atom is 0.0750 e. The summed E-state index contributed by atoms with van der Waals surface area (Å²) in [5.74, 6) is 0. The molecule has 0 amide bonds. The molecule has 0 bridgehead atoms. The Labute approximate surface area is 57.4 Å². The average molecular weight is 127 g/mol. The fourth-order valence-corrected chi connectivity index (χ4v) is 0.589. The molecule has 0 aromatic rings. The third kappa shape index (κ3) is 5.57. The van der Waals surface area contributed by atoms with E-state index in [1.165, 1.54) is 12.5 Å². The van der Waals surface area contributed by atoms with Crippen LogP contribution in [-0.4, -0.2) is 11.2 Å². The average Bonchev–Trinajstić information content (AvgIpc) is 1.89. The van der Waals surface area contributed by atoms with Crippen molar-refractivity contribution in [2.24, 2.45) is 0 Å². The van der Waals surface area contributed by atoms with Crippen molar-refractivity contribution in [2.45, 2.75) is 32.3 Å². The zero-order valence-corrected chi connectivity index (χ0v) is 6.01. The summed E-state index contributed by atoms with van der Waals surface area (Å²) in [5.41, 5.74) is 0. The minimum Gasteiger partial charge on any atom is -0.389 e. The molecule has 9 heavy (non-hydrogen) atoms. The molecule has 0 saturated heterocycles. The van der Waals surface area contributed by atoms with Crippen LogP contribution in [0.2, 0.25) is 0 Å². The first-order valence-corrected chi connectivity index (χ1v) is 3.45. The summed E-state index contributed by atoms with van der Waals surface area (Å²) < 4.78 is 0. The van der Waals surface area contributed by atoms with Gasteiger partial charge in [-0.05, 0) is 12.8 Å². The van der Waals surface area contributed by atoms with Crippen molar-refractivity contribution in [3.63, 3.8) is 0 Å². The van der Waals surface area contributed by atoms with E-state index < -0.39 is 6.10 Å². The first-order chi connectivity index (χ1) is 4.31. The molecule has 0 aromatic heterocycles. The zero-order chi connectivity index (χ0) is 7.11. The maximum absolute atomic E-state index is 8.91.